The summed E-state index contributed by atoms with van der Waals surface area (Å²) in [5.74, 6) is -0.394. The first kappa shape index (κ1) is 27.8. The van der Waals surface area contributed by atoms with Crippen LogP contribution in [0.1, 0.15) is 58.8 Å². The van der Waals surface area contributed by atoms with Crippen molar-refractivity contribution in [3.8, 4) is 11.1 Å². The summed E-state index contributed by atoms with van der Waals surface area (Å²) in [6.07, 6.45) is 3.03. The molecule has 2 amide bonds. The molecule has 6 rings (SSSR count). The van der Waals surface area contributed by atoms with Crippen molar-refractivity contribution in [3.05, 3.63) is 131 Å². The summed E-state index contributed by atoms with van der Waals surface area (Å²) in [4.78, 5) is 29.5. The lowest BCUT2D eigenvalue weighted by molar-refractivity contribution is -0.129. The SMILES string of the molecule is Cc1cccc(C(NC(=O)C2(c3ccc(F)cc3)CCN(C(=O)c3ccc(-c4ccc(F)cc4)cc3)CC2)C2CC2)c1. The smallest absolute Gasteiger partial charge is 0.253 e. The molecule has 0 radical (unpaired) electrons. The van der Waals surface area contributed by atoms with Crippen molar-refractivity contribution in [2.75, 3.05) is 13.1 Å². The van der Waals surface area contributed by atoms with E-state index >= 15 is 0 Å². The predicted octanol–water partition coefficient (Wildman–Crippen LogP) is 7.38. The molecule has 2 aliphatic rings. The van der Waals surface area contributed by atoms with Crippen molar-refractivity contribution in [3.63, 3.8) is 0 Å². The molecule has 1 unspecified atom stereocenters. The van der Waals surface area contributed by atoms with Crippen LogP contribution >= 0.6 is 0 Å². The Morgan fingerprint density at radius 1 is 0.810 bits per heavy atom. The number of hydrogen-bond acceptors (Lipinski definition) is 2. The Bertz CT molecular complexity index is 1570. The second kappa shape index (κ2) is 11.5. The minimum atomic E-state index is -0.867. The molecule has 1 aliphatic heterocycles. The van der Waals surface area contributed by atoms with E-state index in [1.54, 1.807) is 41.3 Å². The third-order valence-corrected chi connectivity index (χ3v) is 8.83. The van der Waals surface area contributed by atoms with Crippen molar-refractivity contribution < 1.29 is 18.4 Å². The minimum absolute atomic E-state index is 0.0664. The summed E-state index contributed by atoms with van der Waals surface area (Å²) in [7, 11) is 0. The van der Waals surface area contributed by atoms with E-state index in [0.717, 1.165) is 40.7 Å². The van der Waals surface area contributed by atoms with E-state index < -0.39 is 5.41 Å². The normalized spacial score (nSPS) is 17.0. The highest BCUT2D eigenvalue weighted by atomic mass is 19.1. The highest BCUT2D eigenvalue weighted by Gasteiger charge is 2.46. The summed E-state index contributed by atoms with van der Waals surface area (Å²) in [6, 6.07) is 28.0. The number of halogens is 2. The van der Waals surface area contributed by atoms with E-state index in [0.29, 0.717) is 37.4 Å². The van der Waals surface area contributed by atoms with Crippen LogP contribution < -0.4 is 5.32 Å². The van der Waals surface area contributed by atoms with Crippen LogP contribution in [0.4, 0.5) is 8.78 Å². The van der Waals surface area contributed by atoms with Crippen LogP contribution in [-0.2, 0) is 10.2 Å². The van der Waals surface area contributed by atoms with Gasteiger partial charge in [0.05, 0.1) is 11.5 Å². The molecule has 1 saturated carbocycles. The van der Waals surface area contributed by atoms with Gasteiger partial charge in [-0.1, -0.05) is 66.2 Å². The van der Waals surface area contributed by atoms with Crippen LogP contribution in [0.2, 0.25) is 0 Å². The number of aryl methyl sites for hydroxylation is 1. The zero-order valence-electron chi connectivity index (χ0n) is 23.7. The van der Waals surface area contributed by atoms with Crippen molar-refractivity contribution in [1.29, 1.82) is 0 Å². The molecule has 4 nitrogen and oxygen atoms in total. The Morgan fingerprint density at radius 2 is 1.38 bits per heavy atom. The Kier molecular flexibility index (Phi) is 7.63. The van der Waals surface area contributed by atoms with Gasteiger partial charge in [-0.2, -0.15) is 0 Å². The van der Waals surface area contributed by atoms with Gasteiger partial charge in [0.1, 0.15) is 11.6 Å². The third kappa shape index (κ3) is 5.71. The molecule has 4 aromatic rings. The van der Waals surface area contributed by atoms with Crippen molar-refractivity contribution in [1.82, 2.24) is 10.2 Å². The first-order valence-corrected chi connectivity index (χ1v) is 14.6. The predicted molar refractivity (Wildman–Crippen MR) is 160 cm³/mol. The molecule has 2 fully saturated rings. The number of piperidine rings is 1. The Hall–Kier alpha value is -4.32. The summed E-state index contributed by atoms with van der Waals surface area (Å²) in [6.45, 7) is 2.86. The topological polar surface area (TPSA) is 49.4 Å². The summed E-state index contributed by atoms with van der Waals surface area (Å²) >= 11 is 0. The number of carbonyl (C=O) groups is 2. The van der Waals surface area contributed by atoms with Gasteiger partial charge in [-0.15, -0.1) is 0 Å². The van der Waals surface area contributed by atoms with E-state index in [1.807, 2.05) is 18.2 Å². The van der Waals surface area contributed by atoms with Crippen LogP contribution in [0.3, 0.4) is 0 Å². The fraction of sp³-hybridized carbons (Fsp3) is 0.278. The molecule has 42 heavy (non-hydrogen) atoms. The molecule has 1 heterocycles. The number of nitrogens with one attached hydrogen (secondary N) is 1. The first-order chi connectivity index (χ1) is 20.3. The number of amides is 2. The molecule has 0 aromatic heterocycles. The maximum atomic E-state index is 14.2. The van der Waals surface area contributed by atoms with Crippen molar-refractivity contribution in [2.24, 2.45) is 5.92 Å². The maximum absolute atomic E-state index is 14.2. The average Bonchev–Trinajstić information content (AvgIpc) is 3.86. The molecule has 0 bridgehead atoms. The number of nitrogens with zero attached hydrogens (tertiary/aromatic N) is 1. The molecule has 1 atom stereocenters. The Balaban J connectivity index is 1.21. The quantitative estimate of drug-likeness (QED) is 0.255. The van der Waals surface area contributed by atoms with Crippen LogP contribution in [0.25, 0.3) is 11.1 Å². The zero-order valence-corrected chi connectivity index (χ0v) is 23.7. The number of carbonyl (C=O) groups excluding carboxylic acids is 2. The molecule has 214 valence electrons. The lowest BCUT2D eigenvalue weighted by Crippen LogP contribution is -2.53. The Labute approximate surface area is 245 Å². The van der Waals surface area contributed by atoms with Crippen LogP contribution in [0.5, 0.6) is 0 Å². The molecule has 0 spiro atoms. The fourth-order valence-corrected chi connectivity index (χ4v) is 6.18. The monoisotopic (exact) mass is 564 g/mol. The largest absolute Gasteiger partial charge is 0.348 e. The maximum Gasteiger partial charge on any atom is 0.253 e. The van der Waals surface area contributed by atoms with Crippen molar-refractivity contribution in [2.45, 2.75) is 44.1 Å². The number of likely N-dealkylation sites (tertiary alicyclic amines) is 1. The number of hydrogen-bond donors (Lipinski definition) is 1. The number of benzene rings is 4. The van der Waals surface area contributed by atoms with E-state index in [2.05, 4.69) is 30.4 Å². The van der Waals surface area contributed by atoms with Gasteiger partial charge in [0.15, 0.2) is 0 Å². The molecular formula is C36H34F2N2O2. The van der Waals surface area contributed by atoms with Gasteiger partial charge in [0.25, 0.3) is 5.91 Å². The highest BCUT2D eigenvalue weighted by molar-refractivity contribution is 5.95. The molecular weight excluding hydrogens is 530 g/mol. The summed E-state index contributed by atoms with van der Waals surface area (Å²) in [5.41, 5.74) is 4.50. The molecule has 6 heteroatoms. The van der Waals surface area contributed by atoms with Crippen LogP contribution in [0.15, 0.2) is 97.1 Å². The van der Waals surface area contributed by atoms with Gasteiger partial charge >= 0.3 is 0 Å². The van der Waals surface area contributed by atoms with Gasteiger partial charge in [-0.05, 0) is 97.2 Å². The van der Waals surface area contributed by atoms with Gasteiger partial charge in [0, 0.05) is 18.7 Å². The van der Waals surface area contributed by atoms with Gasteiger partial charge in [-0.3, -0.25) is 9.59 Å². The summed E-state index contributed by atoms with van der Waals surface area (Å²) < 4.78 is 27.2. The van der Waals surface area contributed by atoms with Crippen molar-refractivity contribution >= 4 is 11.8 Å². The fourth-order valence-electron chi connectivity index (χ4n) is 6.18. The Morgan fingerprint density at radius 3 is 1.95 bits per heavy atom. The molecule has 1 N–H and O–H groups in total. The zero-order chi connectivity index (χ0) is 29.3. The molecule has 1 saturated heterocycles. The first-order valence-electron chi connectivity index (χ1n) is 14.6. The second-order valence-electron chi connectivity index (χ2n) is 11.7. The van der Waals surface area contributed by atoms with Gasteiger partial charge in [-0.25, -0.2) is 8.78 Å². The molecule has 1 aliphatic carbocycles. The van der Waals surface area contributed by atoms with Gasteiger partial charge < -0.3 is 10.2 Å². The minimum Gasteiger partial charge on any atom is -0.348 e. The van der Waals surface area contributed by atoms with Crippen LogP contribution in [-0.4, -0.2) is 29.8 Å². The number of rotatable bonds is 7. The lowest BCUT2D eigenvalue weighted by Gasteiger charge is -2.42. The average molecular weight is 565 g/mol. The highest BCUT2D eigenvalue weighted by Crippen LogP contribution is 2.43. The molecule has 4 aromatic carbocycles. The van der Waals surface area contributed by atoms with E-state index in [-0.39, 0.29) is 29.5 Å². The van der Waals surface area contributed by atoms with E-state index in [9.17, 15) is 18.4 Å². The second-order valence-corrected chi connectivity index (χ2v) is 11.7. The third-order valence-electron chi connectivity index (χ3n) is 8.83. The van der Waals surface area contributed by atoms with E-state index in [1.165, 1.54) is 24.3 Å². The lowest BCUT2D eigenvalue weighted by atomic mass is 9.71. The van der Waals surface area contributed by atoms with Gasteiger partial charge in [0.2, 0.25) is 5.91 Å². The van der Waals surface area contributed by atoms with E-state index in [4.69, 9.17) is 0 Å². The summed E-state index contributed by atoms with van der Waals surface area (Å²) in [5, 5.41) is 3.39. The standard InChI is InChI=1S/C36H34F2N2O2/c1-24-3-2-4-29(23-24)33(27-7-8-27)39-35(42)36(30-13-17-32(38)18-14-30)19-21-40(22-20-36)34(41)28-9-5-25(6-10-28)26-11-15-31(37)16-12-26/h2-6,9-18,23,27,33H,7-8,19-22H2,1H3,(H,39,42). The van der Waals surface area contributed by atoms with Crippen LogP contribution in [0, 0.1) is 24.5 Å².